The number of hydrogen-bond acceptors (Lipinski definition) is 2. The van der Waals surface area contributed by atoms with Crippen molar-refractivity contribution in [2.75, 3.05) is 13.1 Å². The van der Waals surface area contributed by atoms with Crippen molar-refractivity contribution < 1.29 is 0 Å². The third-order valence-corrected chi connectivity index (χ3v) is 4.15. The van der Waals surface area contributed by atoms with Crippen molar-refractivity contribution in [3.05, 3.63) is 0 Å². The lowest BCUT2D eigenvalue weighted by molar-refractivity contribution is 0.101. The number of hydrogen-bond donors (Lipinski definition) is 1. The number of piperidine rings is 1. The van der Waals surface area contributed by atoms with Crippen LogP contribution in [0.25, 0.3) is 0 Å². The molecule has 2 atom stereocenters. The minimum Gasteiger partial charge on any atom is -0.311 e. The summed E-state index contributed by atoms with van der Waals surface area (Å²) in [5.41, 5.74) is 0.430. The van der Waals surface area contributed by atoms with Crippen LogP contribution in [0.5, 0.6) is 0 Å². The second-order valence-electron chi connectivity index (χ2n) is 7.29. The molecule has 0 aromatic carbocycles. The highest BCUT2D eigenvalue weighted by molar-refractivity contribution is 4.96. The lowest BCUT2D eigenvalue weighted by atomic mass is 9.92. The molecule has 2 fully saturated rings. The first-order chi connectivity index (χ1) is 7.98. The van der Waals surface area contributed by atoms with E-state index in [1.807, 2.05) is 0 Å². The topological polar surface area (TPSA) is 15.3 Å². The highest BCUT2D eigenvalue weighted by Gasteiger charge is 2.36. The standard InChI is InChI=1S/C15H30N2/c1-5-8-17(11-15(2,3)4)14-9-12-6-7-13(10-14)16-12/h12-14,16H,5-11H2,1-4H3. The predicted molar refractivity (Wildman–Crippen MR) is 74.3 cm³/mol. The Morgan fingerprint density at radius 2 is 1.71 bits per heavy atom. The molecule has 0 aromatic rings. The Kier molecular flexibility index (Phi) is 4.14. The van der Waals surface area contributed by atoms with Crippen molar-refractivity contribution in [2.45, 2.75) is 77.9 Å². The summed E-state index contributed by atoms with van der Waals surface area (Å²) in [5.74, 6) is 0. The van der Waals surface area contributed by atoms with Crippen LogP contribution in [-0.4, -0.2) is 36.1 Å². The van der Waals surface area contributed by atoms with Crippen molar-refractivity contribution >= 4 is 0 Å². The predicted octanol–water partition coefficient (Wildman–Crippen LogP) is 3.03. The van der Waals surface area contributed by atoms with Crippen LogP contribution in [0.2, 0.25) is 0 Å². The number of nitrogens with zero attached hydrogens (tertiary/aromatic N) is 1. The highest BCUT2D eigenvalue weighted by Crippen LogP contribution is 2.31. The maximum atomic E-state index is 3.75. The summed E-state index contributed by atoms with van der Waals surface area (Å²) < 4.78 is 0. The summed E-state index contributed by atoms with van der Waals surface area (Å²) >= 11 is 0. The van der Waals surface area contributed by atoms with E-state index in [4.69, 9.17) is 0 Å². The van der Waals surface area contributed by atoms with Gasteiger partial charge in [0.1, 0.15) is 0 Å². The van der Waals surface area contributed by atoms with Gasteiger partial charge < -0.3 is 5.32 Å². The van der Waals surface area contributed by atoms with E-state index in [0.29, 0.717) is 5.41 Å². The minimum atomic E-state index is 0.430. The first kappa shape index (κ1) is 13.4. The minimum absolute atomic E-state index is 0.430. The van der Waals surface area contributed by atoms with Crippen molar-refractivity contribution in [2.24, 2.45) is 5.41 Å². The number of rotatable bonds is 4. The van der Waals surface area contributed by atoms with Crippen molar-refractivity contribution in [1.29, 1.82) is 0 Å². The molecule has 0 amide bonds. The maximum absolute atomic E-state index is 3.75. The van der Waals surface area contributed by atoms with Gasteiger partial charge in [0.05, 0.1) is 0 Å². The van der Waals surface area contributed by atoms with Crippen molar-refractivity contribution in [3.8, 4) is 0 Å². The van der Waals surface area contributed by atoms with Crippen LogP contribution < -0.4 is 5.32 Å². The van der Waals surface area contributed by atoms with E-state index in [-0.39, 0.29) is 0 Å². The Hall–Kier alpha value is -0.0800. The Morgan fingerprint density at radius 3 is 2.18 bits per heavy atom. The third kappa shape index (κ3) is 3.69. The quantitative estimate of drug-likeness (QED) is 0.810. The second-order valence-corrected chi connectivity index (χ2v) is 7.29. The summed E-state index contributed by atoms with van der Waals surface area (Å²) in [7, 11) is 0. The second kappa shape index (κ2) is 5.27. The molecule has 0 saturated carbocycles. The Labute approximate surface area is 107 Å². The molecule has 2 saturated heterocycles. The molecule has 2 unspecified atom stereocenters. The molecule has 0 aromatic heterocycles. The van der Waals surface area contributed by atoms with E-state index < -0.39 is 0 Å². The fraction of sp³-hybridized carbons (Fsp3) is 1.00. The van der Waals surface area contributed by atoms with E-state index in [9.17, 15) is 0 Å². The SMILES string of the molecule is CCCN(CC(C)(C)C)C1CC2CCC(C1)N2. The van der Waals surface area contributed by atoms with E-state index in [2.05, 4.69) is 37.9 Å². The lowest BCUT2D eigenvalue weighted by Crippen LogP contribution is -2.50. The van der Waals surface area contributed by atoms with Crippen LogP contribution >= 0.6 is 0 Å². The van der Waals surface area contributed by atoms with E-state index >= 15 is 0 Å². The maximum Gasteiger partial charge on any atom is 0.0125 e. The van der Waals surface area contributed by atoms with Gasteiger partial charge in [-0.3, -0.25) is 4.90 Å². The summed E-state index contributed by atoms with van der Waals surface area (Å²) in [6.45, 7) is 11.9. The van der Waals surface area contributed by atoms with Crippen molar-refractivity contribution in [3.63, 3.8) is 0 Å². The molecule has 2 aliphatic heterocycles. The monoisotopic (exact) mass is 238 g/mol. The lowest BCUT2D eigenvalue weighted by Gasteiger charge is -2.40. The molecule has 1 N–H and O–H groups in total. The van der Waals surface area contributed by atoms with E-state index in [1.54, 1.807) is 0 Å². The molecule has 100 valence electrons. The zero-order valence-corrected chi connectivity index (χ0v) is 12.1. The van der Waals surface area contributed by atoms with Gasteiger partial charge in [0.2, 0.25) is 0 Å². The molecule has 2 heterocycles. The fourth-order valence-electron chi connectivity index (χ4n) is 3.61. The normalized spacial score (nSPS) is 33.4. The van der Waals surface area contributed by atoms with Gasteiger partial charge in [0.25, 0.3) is 0 Å². The summed E-state index contributed by atoms with van der Waals surface area (Å²) in [6.07, 6.45) is 6.88. The van der Waals surface area contributed by atoms with Crippen LogP contribution in [0, 0.1) is 5.41 Å². The molecule has 2 bridgehead atoms. The van der Waals surface area contributed by atoms with Crippen LogP contribution in [0.4, 0.5) is 0 Å². The first-order valence-corrected chi connectivity index (χ1v) is 7.48. The van der Waals surface area contributed by atoms with Gasteiger partial charge in [0, 0.05) is 24.7 Å². The first-order valence-electron chi connectivity index (χ1n) is 7.48. The third-order valence-electron chi connectivity index (χ3n) is 4.15. The van der Waals surface area contributed by atoms with E-state index in [1.165, 1.54) is 45.2 Å². The molecule has 2 rings (SSSR count). The molecular formula is C15H30N2. The van der Waals surface area contributed by atoms with Gasteiger partial charge >= 0.3 is 0 Å². The molecule has 2 aliphatic rings. The summed E-state index contributed by atoms with van der Waals surface area (Å²) in [6, 6.07) is 2.48. The smallest absolute Gasteiger partial charge is 0.0125 e. The Balaban J connectivity index is 1.95. The molecular weight excluding hydrogens is 208 g/mol. The average molecular weight is 238 g/mol. The van der Waals surface area contributed by atoms with Crippen molar-refractivity contribution in [1.82, 2.24) is 10.2 Å². The van der Waals surface area contributed by atoms with Crippen LogP contribution in [0.1, 0.15) is 59.8 Å². The van der Waals surface area contributed by atoms with Gasteiger partial charge in [-0.15, -0.1) is 0 Å². The number of nitrogens with one attached hydrogen (secondary N) is 1. The largest absolute Gasteiger partial charge is 0.311 e. The number of fused-ring (bicyclic) bond motifs is 2. The van der Waals surface area contributed by atoms with Crippen LogP contribution in [0.15, 0.2) is 0 Å². The van der Waals surface area contributed by atoms with Gasteiger partial charge in [-0.2, -0.15) is 0 Å². The zero-order chi connectivity index (χ0) is 12.5. The average Bonchev–Trinajstić information content (AvgIpc) is 2.55. The molecule has 0 aliphatic carbocycles. The summed E-state index contributed by atoms with van der Waals surface area (Å²) in [5, 5.41) is 3.75. The molecule has 0 radical (unpaired) electrons. The Morgan fingerprint density at radius 1 is 1.12 bits per heavy atom. The fourth-order valence-corrected chi connectivity index (χ4v) is 3.61. The summed E-state index contributed by atoms with van der Waals surface area (Å²) in [4.78, 5) is 2.77. The van der Waals surface area contributed by atoms with Crippen LogP contribution in [-0.2, 0) is 0 Å². The molecule has 17 heavy (non-hydrogen) atoms. The van der Waals surface area contributed by atoms with Gasteiger partial charge in [-0.25, -0.2) is 0 Å². The Bertz CT molecular complexity index is 232. The molecule has 2 nitrogen and oxygen atoms in total. The van der Waals surface area contributed by atoms with Gasteiger partial charge in [-0.1, -0.05) is 27.7 Å². The highest BCUT2D eigenvalue weighted by atomic mass is 15.2. The van der Waals surface area contributed by atoms with Gasteiger partial charge in [0.15, 0.2) is 0 Å². The van der Waals surface area contributed by atoms with Crippen LogP contribution in [0.3, 0.4) is 0 Å². The zero-order valence-electron chi connectivity index (χ0n) is 12.1. The van der Waals surface area contributed by atoms with E-state index in [0.717, 1.165) is 18.1 Å². The molecule has 0 spiro atoms. The van der Waals surface area contributed by atoms with Gasteiger partial charge in [-0.05, 0) is 44.1 Å². The molecule has 2 heteroatoms.